The van der Waals surface area contributed by atoms with E-state index in [1.165, 1.54) is 0 Å². The molecule has 1 aromatic heterocycles. The number of aromatic nitrogens is 1. The van der Waals surface area contributed by atoms with Gasteiger partial charge in [0.05, 0.1) is 12.3 Å². The Morgan fingerprint density at radius 3 is 2.61 bits per heavy atom. The lowest BCUT2D eigenvalue weighted by molar-refractivity contribution is 0.0521. The maximum Gasteiger partial charge on any atom is 0.357 e. The van der Waals surface area contributed by atoms with Gasteiger partial charge in [-0.15, -0.1) is 5.11 Å². The average Bonchev–Trinajstić information content (AvgIpc) is 2.93. The quantitative estimate of drug-likeness (QED) is 0.514. The van der Waals surface area contributed by atoms with Crippen molar-refractivity contribution in [1.82, 2.24) is 4.98 Å². The highest BCUT2D eigenvalue weighted by atomic mass is 35.5. The molecule has 0 bridgehead atoms. The summed E-state index contributed by atoms with van der Waals surface area (Å²) in [5, 5.41) is 9.87. The number of rotatable bonds is 4. The van der Waals surface area contributed by atoms with Crippen molar-refractivity contribution in [2.45, 2.75) is 6.92 Å². The first kappa shape index (κ1) is 15.2. The number of fused-ring (bicyclic) bond motifs is 1. The summed E-state index contributed by atoms with van der Waals surface area (Å²) in [6.07, 6.45) is 0. The van der Waals surface area contributed by atoms with E-state index in [0.29, 0.717) is 28.7 Å². The molecule has 1 heterocycles. The SMILES string of the molecule is CCOC(=O)c1[nH]c2ccccc2c1N=Nc1ccc(Cl)cc1. The highest BCUT2D eigenvalue weighted by Crippen LogP contribution is 2.32. The summed E-state index contributed by atoms with van der Waals surface area (Å²) < 4.78 is 5.08. The Morgan fingerprint density at radius 1 is 1.13 bits per heavy atom. The van der Waals surface area contributed by atoms with Crippen molar-refractivity contribution in [3.63, 3.8) is 0 Å². The molecule has 0 atom stereocenters. The molecule has 0 saturated carbocycles. The highest BCUT2D eigenvalue weighted by molar-refractivity contribution is 6.30. The number of esters is 1. The minimum atomic E-state index is -0.450. The Hall–Kier alpha value is -2.66. The van der Waals surface area contributed by atoms with Gasteiger partial charge in [-0.2, -0.15) is 5.11 Å². The van der Waals surface area contributed by atoms with Gasteiger partial charge in [0.2, 0.25) is 0 Å². The van der Waals surface area contributed by atoms with Crippen LogP contribution in [-0.4, -0.2) is 17.6 Å². The van der Waals surface area contributed by atoms with Crippen LogP contribution in [0.15, 0.2) is 58.8 Å². The highest BCUT2D eigenvalue weighted by Gasteiger charge is 2.18. The van der Waals surface area contributed by atoms with E-state index in [4.69, 9.17) is 16.3 Å². The third-order valence-corrected chi connectivity index (χ3v) is 3.50. The molecule has 0 radical (unpaired) electrons. The molecule has 0 aliphatic carbocycles. The first-order chi connectivity index (χ1) is 11.2. The molecule has 0 aliphatic rings. The van der Waals surface area contributed by atoms with Crippen LogP contribution in [0.2, 0.25) is 5.02 Å². The molecule has 0 unspecified atom stereocenters. The van der Waals surface area contributed by atoms with E-state index in [1.807, 2.05) is 24.3 Å². The molecule has 116 valence electrons. The fourth-order valence-corrected chi connectivity index (χ4v) is 2.32. The maximum absolute atomic E-state index is 12.1. The Morgan fingerprint density at radius 2 is 1.87 bits per heavy atom. The van der Waals surface area contributed by atoms with Crippen molar-refractivity contribution in [2.24, 2.45) is 10.2 Å². The minimum Gasteiger partial charge on any atom is -0.461 e. The van der Waals surface area contributed by atoms with Gasteiger partial charge in [-0.3, -0.25) is 0 Å². The Labute approximate surface area is 137 Å². The van der Waals surface area contributed by atoms with E-state index >= 15 is 0 Å². The van der Waals surface area contributed by atoms with Crippen molar-refractivity contribution >= 4 is 39.8 Å². The van der Waals surface area contributed by atoms with Crippen molar-refractivity contribution < 1.29 is 9.53 Å². The van der Waals surface area contributed by atoms with Crippen LogP contribution in [0.5, 0.6) is 0 Å². The van der Waals surface area contributed by atoms with Crippen LogP contribution in [0, 0.1) is 0 Å². The molecule has 0 aliphatic heterocycles. The second kappa shape index (κ2) is 6.62. The summed E-state index contributed by atoms with van der Waals surface area (Å²) in [6.45, 7) is 2.05. The molecule has 0 spiro atoms. The molecule has 0 saturated heterocycles. The number of hydrogen-bond acceptors (Lipinski definition) is 4. The smallest absolute Gasteiger partial charge is 0.357 e. The monoisotopic (exact) mass is 327 g/mol. The summed E-state index contributed by atoms with van der Waals surface area (Å²) >= 11 is 5.85. The standard InChI is InChI=1S/C17H14ClN3O2/c1-2-23-17(22)16-15(13-5-3-4-6-14(13)19-16)21-20-12-9-7-11(18)8-10-12/h3-10,19H,2H2,1H3. The fraction of sp³-hybridized carbons (Fsp3) is 0.118. The first-order valence-corrected chi connectivity index (χ1v) is 7.52. The number of benzene rings is 2. The van der Waals surface area contributed by atoms with Gasteiger partial charge in [0.15, 0.2) is 5.69 Å². The molecule has 23 heavy (non-hydrogen) atoms. The number of halogens is 1. The van der Waals surface area contributed by atoms with E-state index in [0.717, 1.165) is 10.9 Å². The minimum absolute atomic E-state index is 0.294. The number of H-pyrrole nitrogens is 1. The van der Waals surface area contributed by atoms with E-state index in [-0.39, 0.29) is 0 Å². The zero-order valence-electron chi connectivity index (χ0n) is 12.4. The predicted octanol–water partition coefficient (Wildman–Crippen LogP) is 5.41. The van der Waals surface area contributed by atoms with Crippen LogP contribution in [0.3, 0.4) is 0 Å². The number of para-hydroxylation sites is 1. The molecule has 0 fully saturated rings. The van der Waals surface area contributed by atoms with Gasteiger partial charge < -0.3 is 9.72 Å². The fourth-order valence-electron chi connectivity index (χ4n) is 2.20. The van der Waals surface area contributed by atoms with Crippen LogP contribution in [-0.2, 0) is 4.74 Å². The lowest BCUT2D eigenvalue weighted by Gasteiger charge is -2.00. The Balaban J connectivity index is 2.05. The first-order valence-electron chi connectivity index (χ1n) is 7.14. The third-order valence-electron chi connectivity index (χ3n) is 3.25. The second-order valence-electron chi connectivity index (χ2n) is 4.79. The van der Waals surface area contributed by atoms with E-state index in [9.17, 15) is 4.79 Å². The van der Waals surface area contributed by atoms with Crippen LogP contribution >= 0.6 is 11.6 Å². The van der Waals surface area contributed by atoms with Crippen LogP contribution < -0.4 is 0 Å². The lowest BCUT2D eigenvalue weighted by atomic mass is 10.2. The summed E-state index contributed by atoms with van der Waals surface area (Å²) in [4.78, 5) is 15.2. The van der Waals surface area contributed by atoms with Gasteiger partial charge in [0.1, 0.15) is 5.69 Å². The molecule has 5 nitrogen and oxygen atoms in total. The summed E-state index contributed by atoms with van der Waals surface area (Å²) in [5.41, 5.74) is 2.22. The number of carbonyl (C=O) groups excluding carboxylic acids is 1. The van der Waals surface area contributed by atoms with Gasteiger partial charge in [-0.05, 0) is 37.3 Å². The number of hydrogen-bond donors (Lipinski definition) is 1. The number of nitrogens with one attached hydrogen (secondary N) is 1. The average molecular weight is 328 g/mol. The van der Waals surface area contributed by atoms with E-state index in [2.05, 4.69) is 15.2 Å². The number of aromatic amines is 1. The van der Waals surface area contributed by atoms with Crippen molar-refractivity contribution in [3.05, 3.63) is 59.2 Å². The zero-order chi connectivity index (χ0) is 16.2. The van der Waals surface area contributed by atoms with E-state index in [1.54, 1.807) is 31.2 Å². The predicted molar refractivity (Wildman–Crippen MR) is 89.9 cm³/mol. The second-order valence-corrected chi connectivity index (χ2v) is 5.23. The number of nitrogens with zero attached hydrogens (tertiary/aromatic N) is 2. The molecule has 1 N–H and O–H groups in total. The maximum atomic E-state index is 12.1. The van der Waals surface area contributed by atoms with Gasteiger partial charge in [0, 0.05) is 15.9 Å². The Bertz CT molecular complexity index is 869. The van der Waals surface area contributed by atoms with Crippen LogP contribution in [0.4, 0.5) is 11.4 Å². The molecule has 2 aromatic carbocycles. The summed E-state index contributed by atoms with van der Waals surface area (Å²) in [7, 11) is 0. The topological polar surface area (TPSA) is 66.8 Å². The molecular weight excluding hydrogens is 314 g/mol. The van der Waals surface area contributed by atoms with Crippen molar-refractivity contribution in [3.8, 4) is 0 Å². The largest absolute Gasteiger partial charge is 0.461 e. The number of carbonyl (C=O) groups is 1. The summed E-state index contributed by atoms with van der Waals surface area (Å²) in [5.74, 6) is -0.450. The van der Waals surface area contributed by atoms with Gasteiger partial charge in [0.25, 0.3) is 0 Å². The van der Waals surface area contributed by atoms with Crippen LogP contribution in [0.25, 0.3) is 10.9 Å². The normalized spacial score (nSPS) is 11.2. The summed E-state index contributed by atoms with van der Waals surface area (Å²) in [6, 6.07) is 14.5. The lowest BCUT2D eigenvalue weighted by Crippen LogP contribution is -2.04. The number of ether oxygens (including phenoxy) is 1. The number of azo groups is 1. The van der Waals surface area contributed by atoms with Crippen LogP contribution in [0.1, 0.15) is 17.4 Å². The molecular formula is C17H14ClN3O2. The molecule has 0 amide bonds. The molecule has 3 rings (SSSR count). The van der Waals surface area contributed by atoms with E-state index < -0.39 is 5.97 Å². The molecule has 3 aromatic rings. The van der Waals surface area contributed by atoms with Crippen molar-refractivity contribution in [2.75, 3.05) is 6.61 Å². The zero-order valence-corrected chi connectivity index (χ0v) is 13.2. The Kier molecular flexibility index (Phi) is 4.39. The van der Waals surface area contributed by atoms with Gasteiger partial charge in [-0.25, -0.2) is 4.79 Å². The van der Waals surface area contributed by atoms with Gasteiger partial charge >= 0.3 is 5.97 Å². The van der Waals surface area contributed by atoms with Gasteiger partial charge in [-0.1, -0.05) is 29.8 Å². The third kappa shape index (κ3) is 3.24. The molecule has 6 heteroatoms. The van der Waals surface area contributed by atoms with Crippen molar-refractivity contribution in [1.29, 1.82) is 0 Å².